The van der Waals surface area contributed by atoms with Crippen LogP contribution in [0.5, 0.6) is 11.5 Å². The first-order valence-corrected chi connectivity index (χ1v) is 9.87. The highest BCUT2D eigenvalue weighted by molar-refractivity contribution is 5.84. The lowest BCUT2D eigenvalue weighted by atomic mass is 9.61. The van der Waals surface area contributed by atoms with Crippen LogP contribution in [-0.4, -0.2) is 0 Å². The molecular weight excluding hydrogens is 354 g/mol. The number of ether oxygens (including phenoxy) is 1. The second-order valence-corrected chi connectivity index (χ2v) is 7.92. The van der Waals surface area contributed by atoms with E-state index in [-0.39, 0.29) is 0 Å². The van der Waals surface area contributed by atoms with E-state index in [9.17, 15) is 0 Å². The van der Waals surface area contributed by atoms with Crippen LogP contribution in [0, 0.1) is 26.0 Å². The Hall–Kier alpha value is -3.70. The molecule has 29 heavy (non-hydrogen) atoms. The minimum absolute atomic E-state index is 0.469. The standard InChI is InChI=1S/C27H19NO/c1-17-11-13-23-21(15-17)27(22-16-18(2)12-14-24(22)28-23)19-7-3-5-9-25(19)29-26-10-6-4-8-20(26)27/h3-5,7-9,11-16,28H,1-2H3. The summed E-state index contributed by atoms with van der Waals surface area (Å²) in [7, 11) is 0. The van der Waals surface area contributed by atoms with Crippen LogP contribution < -0.4 is 10.1 Å². The smallest absolute Gasteiger partial charge is 0.182 e. The molecule has 2 nitrogen and oxygen atoms in total. The molecule has 6 rings (SSSR count). The third-order valence-electron chi connectivity index (χ3n) is 6.10. The summed E-state index contributed by atoms with van der Waals surface area (Å²) in [6.45, 7) is 4.30. The van der Waals surface area contributed by atoms with E-state index in [0.29, 0.717) is 0 Å². The molecule has 0 radical (unpaired) electrons. The van der Waals surface area contributed by atoms with Gasteiger partial charge < -0.3 is 10.1 Å². The Morgan fingerprint density at radius 2 is 1.45 bits per heavy atom. The zero-order chi connectivity index (χ0) is 19.6. The summed E-state index contributed by atoms with van der Waals surface area (Å²) in [4.78, 5) is 0. The molecule has 1 N–H and O–H groups in total. The van der Waals surface area contributed by atoms with Crippen LogP contribution in [0.15, 0.2) is 72.8 Å². The van der Waals surface area contributed by atoms with Crippen LogP contribution >= 0.6 is 0 Å². The van der Waals surface area contributed by atoms with Crippen molar-refractivity contribution in [3.8, 4) is 11.5 Å². The summed E-state index contributed by atoms with van der Waals surface area (Å²) in [6, 6.07) is 32.0. The van der Waals surface area contributed by atoms with Crippen LogP contribution in [0.1, 0.15) is 33.4 Å². The number of benzene rings is 3. The lowest BCUT2D eigenvalue weighted by Gasteiger charge is -2.45. The van der Waals surface area contributed by atoms with Crippen molar-refractivity contribution in [1.29, 1.82) is 0 Å². The van der Waals surface area contributed by atoms with Gasteiger partial charge in [-0.3, -0.25) is 0 Å². The third kappa shape index (κ3) is 2.08. The van der Waals surface area contributed by atoms with Gasteiger partial charge in [-0.25, -0.2) is 0 Å². The molecular formula is C27H19NO. The first-order chi connectivity index (χ1) is 14.2. The number of para-hydroxylation sites is 1. The minimum Gasteiger partial charge on any atom is -0.448 e. The van der Waals surface area contributed by atoms with Gasteiger partial charge in [-0.15, -0.1) is 0 Å². The topological polar surface area (TPSA) is 21.3 Å². The molecule has 0 saturated heterocycles. The van der Waals surface area contributed by atoms with Gasteiger partial charge in [0.05, 0.1) is 5.41 Å². The van der Waals surface area contributed by atoms with Gasteiger partial charge in [0.15, 0.2) is 5.75 Å². The number of aryl methyl sites for hydroxylation is 2. The quantitative estimate of drug-likeness (QED) is 0.330. The maximum absolute atomic E-state index is 6.29. The molecule has 138 valence electrons. The number of nitrogens with one attached hydrogen (secondary N) is 1. The van der Waals surface area contributed by atoms with Gasteiger partial charge in [0, 0.05) is 22.5 Å². The predicted molar refractivity (Wildman–Crippen MR) is 115 cm³/mol. The molecule has 0 aromatic heterocycles. The van der Waals surface area contributed by atoms with Crippen LogP contribution in [-0.2, 0) is 5.41 Å². The monoisotopic (exact) mass is 373 g/mol. The number of fused-ring (bicyclic) bond motifs is 8. The van der Waals surface area contributed by atoms with Crippen molar-refractivity contribution in [2.24, 2.45) is 0 Å². The Balaban J connectivity index is 1.86. The van der Waals surface area contributed by atoms with E-state index in [1.54, 1.807) is 0 Å². The summed E-state index contributed by atoms with van der Waals surface area (Å²) >= 11 is 0. The van der Waals surface area contributed by atoms with Gasteiger partial charge in [0.25, 0.3) is 0 Å². The molecule has 0 fully saturated rings. The lowest BCUT2D eigenvalue weighted by molar-refractivity contribution is 0.434. The Labute approximate surface area is 170 Å². The molecule has 0 bridgehead atoms. The largest absolute Gasteiger partial charge is 0.448 e. The van der Waals surface area contributed by atoms with Gasteiger partial charge in [-0.1, -0.05) is 59.7 Å². The number of anilines is 2. The number of hydrogen-bond acceptors (Lipinski definition) is 2. The molecule has 2 aliphatic rings. The second-order valence-electron chi connectivity index (χ2n) is 7.92. The molecule has 4 aromatic carbocycles. The van der Waals surface area contributed by atoms with E-state index in [1.165, 1.54) is 22.3 Å². The zero-order valence-electron chi connectivity index (χ0n) is 16.3. The van der Waals surface area contributed by atoms with Crippen molar-refractivity contribution < 1.29 is 4.74 Å². The summed E-state index contributed by atoms with van der Waals surface area (Å²) in [5.74, 6) is 1.62. The van der Waals surface area contributed by atoms with Gasteiger partial charge in [-0.05, 0) is 61.4 Å². The van der Waals surface area contributed by atoms with Gasteiger partial charge >= 0.3 is 0 Å². The Morgan fingerprint density at radius 3 is 2.17 bits per heavy atom. The summed E-state index contributed by atoms with van der Waals surface area (Å²) in [6.07, 6.45) is 0. The van der Waals surface area contributed by atoms with Gasteiger partial charge in [-0.2, -0.15) is 0 Å². The van der Waals surface area contributed by atoms with E-state index >= 15 is 0 Å². The number of rotatable bonds is 0. The van der Waals surface area contributed by atoms with Gasteiger partial charge in [0.2, 0.25) is 0 Å². The van der Waals surface area contributed by atoms with Crippen LogP contribution in [0.2, 0.25) is 0 Å². The van der Waals surface area contributed by atoms with Gasteiger partial charge in [0.1, 0.15) is 5.75 Å². The zero-order valence-corrected chi connectivity index (χ0v) is 16.3. The average Bonchev–Trinajstić information content (AvgIpc) is 2.74. The molecule has 0 saturated carbocycles. The van der Waals surface area contributed by atoms with Crippen LogP contribution in [0.25, 0.3) is 0 Å². The Morgan fingerprint density at radius 1 is 0.759 bits per heavy atom. The molecule has 0 amide bonds. The number of hydrogen-bond donors (Lipinski definition) is 1. The Kier molecular flexibility index (Phi) is 3.17. The highest BCUT2D eigenvalue weighted by Gasteiger charge is 2.49. The highest BCUT2D eigenvalue weighted by Crippen LogP contribution is 2.59. The predicted octanol–water partition coefficient (Wildman–Crippen LogP) is 6.45. The van der Waals surface area contributed by atoms with Crippen molar-refractivity contribution in [3.05, 3.63) is 118 Å². The van der Waals surface area contributed by atoms with Crippen molar-refractivity contribution in [1.82, 2.24) is 0 Å². The maximum atomic E-state index is 6.29. The van der Waals surface area contributed by atoms with E-state index < -0.39 is 5.41 Å². The molecule has 0 unspecified atom stereocenters. The van der Waals surface area contributed by atoms with Crippen LogP contribution in [0.4, 0.5) is 11.4 Å². The van der Waals surface area contributed by atoms with Crippen molar-refractivity contribution in [2.45, 2.75) is 19.3 Å². The molecule has 1 spiro atoms. The summed E-state index contributed by atoms with van der Waals surface area (Å²) in [5.41, 5.74) is 9.01. The average molecular weight is 373 g/mol. The Bertz CT molecular complexity index is 1190. The third-order valence-corrected chi connectivity index (χ3v) is 6.10. The molecule has 0 atom stereocenters. The lowest BCUT2D eigenvalue weighted by Crippen LogP contribution is -2.37. The normalized spacial score (nSPS) is 14.4. The fourth-order valence-electron chi connectivity index (χ4n) is 4.90. The second kappa shape index (κ2) is 5.65. The van der Waals surface area contributed by atoms with Crippen molar-refractivity contribution >= 4 is 11.4 Å². The molecule has 2 heterocycles. The minimum atomic E-state index is -0.469. The van der Waals surface area contributed by atoms with Crippen molar-refractivity contribution in [3.63, 3.8) is 0 Å². The van der Waals surface area contributed by atoms with E-state index in [2.05, 4.69) is 85.9 Å². The first kappa shape index (κ1) is 16.3. The molecule has 0 aliphatic carbocycles. The van der Waals surface area contributed by atoms with E-state index in [0.717, 1.165) is 34.0 Å². The summed E-state index contributed by atoms with van der Waals surface area (Å²) < 4.78 is 6.29. The van der Waals surface area contributed by atoms with E-state index in [1.807, 2.05) is 18.2 Å². The van der Waals surface area contributed by atoms with Crippen molar-refractivity contribution in [2.75, 3.05) is 5.32 Å². The highest BCUT2D eigenvalue weighted by atomic mass is 16.5. The van der Waals surface area contributed by atoms with Crippen LogP contribution in [0.3, 0.4) is 0 Å². The molecule has 4 aromatic rings. The fourth-order valence-corrected chi connectivity index (χ4v) is 4.90. The SMILES string of the molecule is Cc1ccc2c(c1)C1(c3ccc#cc3Oc3ccccc31)c1cc(C)ccc1N2. The maximum Gasteiger partial charge on any atom is 0.182 e. The first-order valence-electron chi connectivity index (χ1n) is 9.87. The summed E-state index contributed by atoms with van der Waals surface area (Å²) in [5, 5.41) is 3.67. The van der Waals surface area contributed by atoms with E-state index in [4.69, 9.17) is 4.74 Å². The molecule has 2 heteroatoms. The molecule has 2 aliphatic heterocycles. The fraction of sp³-hybridized carbons (Fsp3) is 0.111.